The van der Waals surface area contributed by atoms with Crippen molar-refractivity contribution < 1.29 is 23.4 Å². The molecule has 4 aromatic rings. The fourth-order valence-electron chi connectivity index (χ4n) is 4.36. The maximum Gasteiger partial charge on any atom is 0.255 e. The van der Waals surface area contributed by atoms with E-state index in [-0.39, 0.29) is 18.3 Å². The zero-order valence-corrected chi connectivity index (χ0v) is 22.1. The molecule has 1 atom stereocenters. The highest BCUT2D eigenvalue weighted by molar-refractivity contribution is 6.32. The first-order valence-corrected chi connectivity index (χ1v) is 12.3. The number of ether oxygens (including phenoxy) is 3. The molecule has 0 radical (unpaired) electrons. The Kier molecular flexibility index (Phi) is 7.38. The highest BCUT2D eigenvalue weighted by Gasteiger charge is 2.34. The molecule has 0 bridgehead atoms. The van der Waals surface area contributed by atoms with Crippen LogP contribution >= 0.6 is 11.6 Å². The number of halogens is 2. The normalized spacial score (nSPS) is 14.3. The van der Waals surface area contributed by atoms with E-state index in [0.717, 1.165) is 5.56 Å². The van der Waals surface area contributed by atoms with E-state index in [0.29, 0.717) is 50.7 Å². The first-order valence-electron chi connectivity index (χ1n) is 12.0. The van der Waals surface area contributed by atoms with E-state index in [1.165, 1.54) is 26.6 Å². The number of rotatable bonds is 8. The van der Waals surface area contributed by atoms with Crippen LogP contribution in [-0.4, -0.2) is 34.9 Å². The van der Waals surface area contributed by atoms with Gasteiger partial charge in [0, 0.05) is 23.4 Å². The summed E-state index contributed by atoms with van der Waals surface area (Å²) in [6, 6.07) is 16.3. The first-order chi connectivity index (χ1) is 18.9. The lowest BCUT2D eigenvalue weighted by Crippen LogP contribution is -2.31. The Labute approximate surface area is 229 Å². The van der Waals surface area contributed by atoms with Gasteiger partial charge in [0.25, 0.3) is 5.91 Å². The summed E-state index contributed by atoms with van der Waals surface area (Å²) in [5, 5.41) is 10.8. The van der Waals surface area contributed by atoms with Crippen molar-refractivity contribution in [2.75, 3.05) is 24.9 Å². The maximum atomic E-state index is 14.0. The number of anilines is 2. The SMILES string of the molecule is COc1cc(NC(=O)C2=C(C)Nc3ncnn3[C@@H]2c2ccc(OCc3ccccc3F)cc2)c(OC)cc1Cl. The number of methoxy groups -OCH3 is 2. The summed E-state index contributed by atoms with van der Waals surface area (Å²) in [5.74, 6) is 1.12. The molecule has 0 aliphatic carbocycles. The van der Waals surface area contributed by atoms with Crippen molar-refractivity contribution in [2.24, 2.45) is 0 Å². The Morgan fingerprint density at radius 1 is 1.10 bits per heavy atom. The summed E-state index contributed by atoms with van der Waals surface area (Å²) in [5.41, 5.74) is 2.65. The van der Waals surface area contributed by atoms with Gasteiger partial charge in [0.1, 0.15) is 42.0 Å². The number of aromatic nitrogens is 3. The van der Waals surface area contributed by atoms with Gasteiger partial charge in [0.15, 0.2) is 0 Å². The topological polar surface area (TPSA) is 99.5 Å². The minimum absolute atomic E-state index is 0.0889. The van der Waals surface area contributed by atoms with Gasteiger partial charge in [0.2, 0.25) is 5.95 Å². The lowest BCUT2D eigenvalue weighted by atomic mass is 9.95. The zero-order chi connectivity index (χ0) is 27.5. The zero-order valence-electron chi connectivity index (χ0n) is 21.4. The van der Waals surface area contributed by atoms with Crippen molar-refractivity contribution in [3.05, 3.63) is 100 Å². The molecule has 11 heteroatoms. The molecule has 5 rings (SSSR count). The van der Waals surface area contributed by atoms with Crippen LogP contribution in [0.15, 0.2) is 78.3 Å². The van der Waals surface area contributed by atoms with E-state index < -0.39 is 6.04 Å². The standard InChI is InChI=1S/C28H25ClFN5O4/c1-16-25(27(36)34-22-13-23(37-2)20(29)12-24(22)38-3)26(35-28(33-16)31-15-32-35)17-8-10-19(11-9-17)39-14-18-6-4-5-7-21(18)30/h4-13,15,26H,14H2,1-3H3,(H,34,36)(H,31,32,33)/t26-/m1/s1. The summed E-state index contributed by atoms with van der Waals surface area (Å²) in [6.07, 6.45) is 1.42. The van der Waals surface area contributed by atoms with Crippen molar-refractivity contribution >= 4 is 29.1 Å². The molecule has 1 aliphatic heterocycles. The molecule has 200 valence electrons. The van der Waals surface area contributed by atoms with Gasteiger partial charge in [-0.1, -0.05) is 41.9 Å². The molecular formula is C28H25ClFN5O4. The van der Waals surface area contributed by atoms with Crippen LogP contribution in [-0.2, 0) is 11.4 Å². The van der Waals surface area contributed by atoms with Crippen LogP contribution in [0.2, 0.25) is 5.02 Å². The molecule has 0 saturated heterocycles. The molecule has 0 fully saturated rings. The van der Waals surface area contributed by atoms with Crippen LogP contribution in [0.1, 0.15) is 24.1 Å². The average molecular weight is 550 g/mol. The van der Waals surface area contributed by atoms with Crippen LogP contribution in [0.3, 0.4) is 0 Å². The number of allylic oxidation sites excluding steroid dienone is 1. The monoisotopic (exact) mass is 549 g/mol. The van der Waals surface area contributed by atoms with E-state index in [1.54, 1.807) is 54.1 Å². The van der Waals surface area contributed by atoms with Gasteiger partial charge in [-0.15, -0.1) is 0 Å². The third-order valence-corrected chi connectivity index (χ3v) is 6.60. The maximum absolute atomic E-state index is 14.0. The van der Waals surface area contributed by atoms with Crippen LogP contribution in [0.4, 0.5) is 16.0 Å². The molecule has 1 amide bonds. The number of hydrogen-bond acceptors (Lipinski definition) is 7. The molecule has 0 unspecified atom stereocenters. The van der Waals surface area contributed by atoms with Crippen LogP contribution in [0.25, 0.3) is 0 Å². The number of nitrogens with one attached hydrogen (secondary N) is 2. The number of fused-ring (bicyclic) bond motifs is 1. The minimum Gasteiger partial charge on any atom is -0.495 e. The molecule has 0 saturated carbocycles. The second kappa shape index (κ2) is 11.0. The molecule has 1 aliphatic rings. The molecule has 3 aromatic carbocycles. The largest absolute Gasteiger partial charge is 0.495 e. The summed E-state index contributed by atoms with van der Waals surface area (Å²) in [6.45, 7) is 1.89. The van der Waals surface area contributed by atoms with Crippen molar-refractivity contribution in [1.82, 2.24) is 14.8 Å². The molecule has 0 spiro atoms. The van der Waals surface area contributed by atoms with Crippen LogP contribution in [0, 0.1) is 5.82 Å². The summed E-state index contributed by atoms with van der Waals surface area (Å²) < 4.78 is 32.1. The number of hydrogen-bond donors (Lipinski definition) is 2. The summed E-state index contributed by atoms with van der Waals surface area (Å²) >= 11 is 6.23. The van der Waals surface area contributed by atoms with E-state index in [9.17, 15) is 9.18 Å². The quantitative estimate of drug-likeness (QED) is 0.295. The van der Waals surface area contributed by atoms with E-state index >= 15 is 0 Å². The predicted molar refractivity (Wildman–Crippen MR) is 145 cm³/mol. The highest BCUT2D eigenvalue weighted by atomic mass is 35.5. The number of carbonyl (C=O) groups excluding carboxylic acids is 1. The van der Waals surface area contributed by atoms with Crippen molar-refractivity contribution in [1.29, 1.82) is 0 Å². The predicted octanol–water partition coefficient (Wildman–Crippen LogP) is 5.59. The van der Waals surface area contributed by atoms with Crippen molar-refractivity contribution in [3.8, 4) is 17.2 Å². The fraction of sp³-hybridized carbons (Fsp3) is 0.179. The van der Waals surface area contributed by atoms with Crippen molar-refractivity contribution in [3.63, 3.8) is 0 Å². The Bertz CT molecular complexity index is 1550. The van der Waals surface area contributed by atoms with Gasteiger partial charge in [0.05, 0.1) is 30.5 Å². The van der Waals surface area contributed by atoms with Crippen LogP contribution < -0.4 is 24.8 Å². The van der Waals surface area contributed by atoms with Gasteiger partial charge >= 0.3 is 0 Å². The third kappa shape index (κ3) is 5.23. The van der Waals surface area contributed by atoms with Gasteiger partial charge in [-0.2, -0.15) is 10.1 Å². The Balaban J connectivity index is 1.44. The number of nitrogens with zero attached hydrogens (tertiary/aromatic N) is 3. The molecule has 2 heterocycles. The molecule has 2 N–H and O–H groups in total. The average Bonchev–Trinajstić information content (AvgIpc) is 3.41. The van der Waals surface area contributed by atoms with E-state index in [4.69, 9.17) is 25.8 Å². The second-order valence-corrected chi connectivity index (χ2v) is 9.09. The minimum atomic E-state index is -0.593. The molecular weight excluding hydrogens is 525 g/mol. The number of amides is 1. The first kappa shape index (κ1) is 26.1. The highest BCUT2D eigenvalue weighted by Crippen LogP contribution is 2.39. The van der Waals surface area contributed by atoms with E-state index in [1.807, 2.05) is 12.1 Å². The van der Waals surface area contributed by atoms with Crippen LogP contribution in [0.5, 0.6) is 17.2 Å². The third-order valence-electron chi connectivity index (χ3n) is 6.31. The van der Waals surface area contributed by atoms with Gasteiger partial charge in [-0.3, -0.25) is 4.79 Å². The Hall–Kier alpha value is -4.57. The number of benzene rings is 3. The smallest absolute Gasteiger partial charge is 0.255 e. The fourth-order valence-corrected chi connectivity index (χ4v) is 4.59. The summed E-state index contributed by atoms with van der Waals surface area (Å²) in [4.78, 5) is 18.0. The summed E-state index contributed by atoms with van der Waals surface area (Å²) in [7, 11) is 2.98. The van der Waals surface area contributed by atoms with E-state index in [2.05, 4.69) is 20.7 Å². The lowest BCUT2D eigenvalue weighted by molar-refractivity contribution is -0.113. The van der Waals surface area contributed by atoms with Crippen molar-refractivity contribution in [2.45, 2.75) is 19.6 Å². The second-order valence-electron chi connectivity index (χ2n) is 8.68. The van der Waals surface area contributed by atoms with Gasteiger partial charge in [-0.05, 0) is 30.7 Å². The van der Waals surface area contributed by atoms with Gasteiger partial charge in [-0.25, -0.2) is 9.07 Å². The Morgan fingerprint density at radius 3 is 2.56 bits per heavy atom. The van der Waals surface area contributed by atoms with Gasteiger partial charge < -0.3 is 24.8 Å². The Morgan fingerprint density at radius 2 is 1.85 bits per heavy atom. The molecule has 39 heavy (non-hydrogen) atoms. The lowest BCUT2D eigenvalue weighted by Gasteiger charge is -2.29. The molecule has 9 nitrogen and oxygen atoms in total. The molecule has 1 aromatic heterocycles. The number of carbonyl (C=O) groups is 1.